The third kappa shape index (κ3) is 4.99. The van der Waals surface area contributed by atoms with Gasteiger partial charge >= 0.3 is 0 Å². The Bertz CT molecular complexity index is 352. The Morgan fingerprint density at radius 2 is 2.06 bits per heavy atom. The predicted molar refractivity (Wildman–Crippen MR) is 79.8 cm³/mol. The van der Waals surface area contributed by atoms with Gasteiger partial charge in [0, 0.05) is 15.5 Å². The minimum absolute atomic E-state index is 0.601. The molecule has 0 aromatic heterocycles. The summed E-state index contributed by atoms with van der Waals surface area (Å²) in [7, 11) is 2.04. The molecule has 17 heavy (non-hydrogen) atoms. The van der Waals surface area contributed by atoms with Crippen LogP contribution in [0.5, 0.6) is 0 Å². The third-order valence-electron chi connectivity index (χ3n) is 3.15. The summed E-state index contributed by atoms with van der Waals surface area (Å²) in [5.74, 6) is 0.681. The largest absolute Gasteiger partial charge is 0.317 e. The molecule has 1 rings (SSSR count). The predicted octanol–water partition coefficient (Wildman–Crippen LogP) is 4.67. The van der Waals surface area contributed by atoms with Gasteiger partial charge in [0.05, 0.1) is 0 Å². The second kappa shape index (κ2) is 7.40. The van der Waals surface area contributed by atoms with Crippen LogP contribution in [0.4, 0.5) is 0 Å². The normalized spacial score (nSPS) is 13.1. The van der Waals surface area contributed by atoms with Crippen molar-refractivity contribution in [2.45, 2.75) is 39.2 Å². The van der Waals surface area contributed by atoms with Crippen molar-refractivity contribution in [3.05, 3.63) is 33.3 Å². The van der Waals surface area contributed by atoms with E-state index >= 15 is 0 Å². The van der Waals surface area contributed by atoms with E-state index in [0.717, 1.165) is 15.9 Å². The van der Waals surface area contributed by atoms with E-state index in [2.05, 4.69) is 47.2 Å². The lowest BCUT2D eigenvalue weighted by atomic mass is 9.97. The molecule has 0 saturated heterocycles. The topological polar surface area (TPSA) is 12.0 Å². The molecule has 1 nitrogen and oxygen atoms in total. The van der Waals surface area contributed by atoms with E-state index in [0.29, 0.717) is 12.0 Å². The molecule has 3 heteroatoms. The summed E-state index contributed by atoms with van der Waals surface area (Å²) in [5, 5.41) is 4.24. The van der Waals surface area contributed by atoms with Crippen LogP contribution in [0, 0.1) is 5.92 Å². The van der Waals surface area contributed by atoms with Gasteiger partial charge in [-0.15, -0.1) is 0 Å². The molecule has 1 N–H and O–H groups in total. The molecule has 0 heterocycles. The van der Waals surface area contributed by atoms with E-state index in [1.54, 1.807) is 0 Å². The van der Waals surface area contributed by atoms with Crippen molar-refractivity contribution in [3.63, 3.8) is 0 Å². The summed E-state index contributed by atoms with van der Waals surface area (Å²) in [5.41, 5.74) is 1.24. The van der Waals surface area contributed by atoms with Gasteiger partial charge in [0.2, 0.25) is 0 Å². The number of halogens is 2. The van der Waals surface area contributed by atoms with Crippen molar-refractivity contribution in [2.24, 2.45) is 5.92 Å². The first-order valence-electron chi connectivity index (χ1n) is 6.15. The molecule has 1 aromatic carbocycles. The van der Waals surface area contributed by atoms with Crippen LogP contribution >= 0.6 is 27.5 Å². The van der Waals surface area contributed by atoms with Gasteiger partial charge in [0.15, 0.2) is 0 Å². The fourth-order valence-electron chi connectivity index (χ4n) is 2.05. The van der Waals surface area contributed by atoms with Gasteiger partial charge in [0.25, 0.3) is 0 Å². The Morgan fingerprint density at radius 3 is 2.59 bits per heavy atom. The van der Waals surface area contributed by atoms with E-state index in [4.69, 9.17) is 11.6 Å². The Hall–Kier alpha value is -0.0500. The summed E-state index contributed by atoms with van der Waals surface area (Å²) in [6.07, 6.45) is 3.42. The monoisotopic (exact) mass is 317 g/mol. The maximum atomic E-state index is 6.20. The van der Waals surface area contributed by atoms with Gasteiger partial charge in [-0.1, -0.05) is 47.4 Å². The van der Waals surface area contributed by atoms with Crippen LogP contribution in [-0.2, 0) is 6.42 Å². The molecule has 96 valence electrons. The van der Waals surface area contributed by atoms with Crippen molar-refractivity contribution in [3.8, 4) is 0 Å². The highest BCUT2D eigenvalue weighted by molar-refractivity contribution is 9.10. The summed E-state index contributed by atoms with van der Waals surface area (Å²) in [6, 6.07) is 6.73. The molecule has 0 aliphatic carbocycles. The molecule has 1 atom stereocenters. The quantitative estimate of drug-likeness (QED) is 0.803. The van der Waals surface area contributed by atoms with Crippen molar-refractivity contribution in [1.29, 1.82) is 0 Å². The lowest BCUT2D eigenvalue weighted by molar-refractivity contribution is 0.393. The van der Waals surface area contributed by atoms with Crippen LogP contribution in [0.2, 0.25) is 5.02 Å². The molecular formula is C14H21BrClN. The number of aryl methyl sites for hydroxylation is 1. The van der Waals surface area contributed by atoms with E-state index in [-0.39, 0.29) is 0 Å². The van der Waals surface area contributed by atoms with Gasteiger partial charge in [0.1, 0.15) is 0 Å². The summed E-state index contributed by atoms with van der Waals surface area (Å²) in [6.45, 7) is 4.52. The molecule has 0 radical (unpaired) electrons. The lowest BCUT2D eigenvalue weighted by Gasteiger charge is -2.20. The van der Waals surface area contributed by atoms with Crippen molar-refractivity contribution < 1.29 is 0 Å². The number of hydrogen-bond acceptors (Lipinski definition) is 1. The zero-order valence-corrected chi connectivity index (χ0v) is 13.1. The first kappa shape index (κ1) is 15.0. The Morgan fingerprint density at radius 1 is 1.35 bits per heavy atom. The zero-order valence-electron chi connectivity index (χ0n) is 10.8. The van der Waals surface area contributed by atoms with Crippen molar-refractivity contribution >= 4 is 27.5 Å². The fraction of sp³-hybridized carbons (Fsp3) is 0.571. The highest BCUT2D eigenvalue weighted by Gasteiger charge is 2.10. The van der Waals surface area contributed by atoms with E-state index in [1.807, 2.05) is 13.1 Å². The minimum atomic E-state index is 0.601. The molecule has 0 spiro atoms. The first-order chi connectivity index (χ1) is 8.04. The number of benzene rings is 1. The Labute approximate surface area is 118 Å². The van der Waals surface area contributed by atoms with Crippen molar-refractivity contribution in [1.82, 2.24) is 5.32 Å². The summed E-state index contributed by atoms with van der Waals surface area (Å²) in [4.78, 5) is 0. The highest BCUT2D eigenvalue weighted by atomic mass is 79.9. The van der Waals surface area contributed by atoms with Crippen LogP contribution in [0.25, 0.3) is 0 Å². The molecule has 0 aliphatic rings. The first-order valence-corrected chi connectivity index (χ1v) is 7.33. The van der Waals surface area contributed by atoms with Crippen LogP contribution in [0.15, 0.2) is 22.7 Å². The van der Waals surface area contributed by atoms with E-state index < -0.39 is 0 Å². The number of nitrogens with one attached hydrogen (secondary N) is 1. The number of hydrogen-bond donors (Lipinski definition) is 1. The standard InChI is InChI=1S/C14H21BrClN/c1-10(2)14(17-3)6-4-5-11-7-8-12(15)9-13(11)16/h7-10,14,17H,4-6H2,1-3H3. The molecule has 0 aliphatic heterocycles. The molecule has 0 bridgehead atoms. The second-order valence-electron chi connectivity index (χ2n) is 4.77. The van der Waals surface area contributed by atoms with Crippen molar-refractivity contribution in [2.75, 3.05) is 7.05 Å². The van der Waals surface area contributed by atoms with Crippen LogP contribution < -0.4 is 5.32 Å². The molecule has 0 amide bonds. The third-order valence-corrected chi connectivity index (χ3v) is 4.00. The highest BCUT2D eigenvalue weighted by Crippen LogP contribution is 2.23. The van der Waals surface area contributed by atoms with Crippen LogP contribution in [0.3, 0.4) is 0 Å². The SMILES string of the molecule is CNC(CCCc1ccc(Br)cc1Cl)C(C)C. The minimum Gasteiger partial charge on any atom is -0.317 e. The van der Waals surface area contributed by atoms with Gasteiger partial charge in [-0.05, 0) is 49.9 Å². The van der Waals surface area contributed by atoms with Gasteiger partial charge in [-0.25, -0.2) is 0 Å². The maximum Gasteiger partial charge on any atom is 0.0449 e. The average molecular weight is 319 g/mol. The van der Waals surface area contributed by atoms with Gasteiger partial charge in [-0.3, -0.25) is 0 Å². The molecule has 1 aromatic rings. The Kier molecular flexibility index (Phi) is 6.53. The molecular weight excluding hydrogens is 298 g/mol. The number of rotatable bonds is 6. The average Bonchev–Trinajstić information content (AvgIpc) is 2.26. The van der Waals surface area contributed by atoms with Gasteiger partial charge in [-0.2, -0.15) is 0 Å². The molecule has 0 fully saturated rings. The lowest BCUT2D eigenvalue weighted by Crippen LogP contribution is -2.30. The second-order valence-corrected chi connectivity index (χ2v) is 6.09. The fourth-order valence-corrected chi connectivity index (χ4v) is 2.82. The maximum absolute atomic E-state index is 6.20. The van der Waals surface area contributed by atoms with Crippen LogP contribution in [0.1, 0.15) is 32.3 Å². The van der Waals surface area contributed by atoms with E-state index in [1.165, 1.54) is 18.4 Å². The summed E-state index contributed by atoms with van der Waals surface area (Å²) < 4.78 is 1.04. The molecule has 1 unspecified atom stereocenters. The zero-order chi connectivity index (χ0) is 12.8. The summed E-state index contributed by atoms with van der Waals surface area (Å²) >= 11 is 9.62. The Balaban J connectivity index is 2.45. The van der Waals surface area contributed by atoms with Crippen LogP contribution in [-0.4, -0.2) is 13.1 Å². The van der Waals surface area contributed by atoms with Gasteiger partial charge < -0.3 is 5.32 Å². The smallest absolute Gasteiger partial charge is 0.0449 e. The molecule has 0 saturated carbocycles. The van der Waals surface area contributed by atoms with E-state index in [9.17, 15) is 0 Å².